The van der Waals surface area contributed by atoms with Crippen LogP contribution < -0.4 is 0 Å². The molecule has 2 aromatic rings. The molecule has 29 heavy (non-hydrogen) atoms. The first-order chi connectivity index (χ1) is 14.0. The van der Waals surface area contributed by atoms with Crippen LogP contribution in [0.25, 0.3) is 0 Å². The number of hydrogen-bond donors (Lipinski definition) is 0. The first kappa shape index (κ1) is 21.4. The van der Waals surface area contributed by atoms with Crippen molar-refractivity contribution in [2.45, 2.75) is 58.8 Å². The van der Waals surface area contributed by atoms with E-state index in [2.05, 4.69) is 4.98 Å². The Kier molecular flexibility index (Phi) is 7.31. The molecule has 0 aliphatic heterocycles. The predicted octanol–water partition coefficient (Wildman–Crippen LogP) is 4.28. The molecular weight excluding hydrogens is 386 g/mol. The van der Waals surface area contributed by atoms with E-state index in [1.165, 1.54) is 11.3 Å². The molecule has 0 radical (unpaired) electrons. The van der Waals surface area contributed by atoms with E-state index in [0.717, 1.165) is 36.8 Å². The maximum Gasteiger partial charge on any atom is 0.311 e. The van der Waals surface area contributed by atoms with Gasteiger partial charge in [-0.2, -0.15) is 0 Å². The number of thiazole rings is 1. The van der Waals surface area contributed by atoms with Crippen molar-refractivity contribution in [1.82, 2.24) is 4.98 Å². The van der Waals surface area contributed by atoms with Gasteiger partial charge in [0.15, 0.2) is 5.78 Å². The van der Waals surface area contributed by atoms with Crippen LogP contribution in [0.5, 0.6) is 0 Å². The Bertz CT molecular complexity index is 896. The maximum absolute atomic E-state index is 13.0. The Morgan fingerprint density at radius 2 is 1.90 bits per heavy atom. The number of carbonyl (C=O) groups excluding carboxylic acids is 3. The lowest BCUT2D eigenvalue weighted by molar-refractivity contribution is -0.142. The second kappa shape index (κ2) is 9.92. The van der Waals surface area contributed by atoms with Crippen LogP contribution in [0, 0.1) is 12.8 Å². The summed E-state index contributed by atoms with van der Waals surface area (Å²) in [6.45, 7) is 4.07. The van der Waals surface area contributed by atoms with E-state index in [-0.39, 0.29) is 42.7 Å². The Morgan fingerprint density at radius 3 is 2.62 bits per heavy atom. The van der Waals surface area contributed by atoms with Crippen molar-refractivity contribution in [1.29, 1.82) is 0 Å². The molecule has 6 heteroatoms. The van der Waals surface area contributed by atoms with E-state index in [9.17, 15) is 14.4 Å². The highest BCUT2D eigenvalue weighted by Gasteiger charge is 2.26. The molecule has 1 fully saturated rings. The summed E-state index contributed by atoms with van der Waals surface area (Å²) in [7, 11) is 0. The SMILES string of the molecule is CCOC(=O)Cc1csc(CC(=O)Cc2ccc(C)cc2C(=O)C2CCCC2)n1. The summed E-state index contributed by atoms with van der Waals surface area (Å²) in [6, 6.07) is 5.78. The number of aryl methyl sites for hydroxylation is 1. The van der Waals surface area contributed by atoms with Gasteiger partial charge in [0.2, 0.25) is 0 Å². The zero-order valence-electron chi connectivity index (χ0n) is 17.0. The molecule has 154 valence electrons. The fourth-order valence-corrected chi connectivity index (χ4v) is 4.62. The van der Waals surface area contributed by atoms with Crippen LogP contribution in [-0.4, -0.2) is 29.1 Å². The van der Waals surface area contributed by atoms with Crippen LogP contribution in [0.4, 0.5) is 0 Å². The number of carbonyl (C=O) groups is 3. The standard InChI is InChI=1S/C23H27NO4S/c1-3-28-22(26)12-18-14-29-21(24-18)13-19(25)11-17-9-8-15(2)10-20(17)23(27)16-6-4-5-7-16/h8-10,14,16H,3-7,11-13H2,1-2H3. The number of hydrogen-bond acceptors (Lipinski definition) is 6. The van der Waals surface area contributed by atoms with E-state index in [1.54, 1.807) is 12.3 Å². The molecule has 1 heterocycles. The number of aromatic nitrogens is 1. The molecule has 0 amide bonds. The maximum atomic E-state index is 13.0. The summed E-state index contributed by atoms with van der Waals surface area (Å²) in [5.74, 6) is -0.0215. The second-order valence-corrected chi connectivity index (χ2v) is 8.56. The Balaban J connectivity index is 1.66. The monoisotopic (exact) mass is 413 g/mol. The number of ketones is 2. The van der Waals surface area contributed by atoms with Gasteiger partial charge in [0.05, 0.1) is 25.1 Å². The third-order valence-corrected chi connectivity index (χ3v) is 6.12. The number of Topliss-reactive ketones (excluding diaryl/α,β-unsaturated/α-hetero) is 2. The van der Waals surface area contributed by atoms with Crippen LogP contribution >= 0.6 is 11.3 Å². The highest BCUT2D eigenvalue weighted by molar-refractivity contribution is 7.09. The van der Waals surface area contributed by atoms with Crippen molar-refractivity contribution < 1.29 is 19.1 Å². The normalized spacial score (nSPS) is 14.1. The fraction of sp³-hybridized carbons (Fsp3) is 0.478. The lowest BCUT2D eigenvalue weighted by Crippen LogP contribution is -2.16. The molecule has 0 bridgehead atoms. The number of esters is 1. The van der Waals surface area contributed by atoms with Gasteiger partial charge in [-0.15, -0.1) is 11.3 Å². The Hall–Kier alpha value is -2.34. The predicted molar refractivity (Wildman–Crippen MR) is 112 cm³/mol. The third-order valence-electron chi connectivity index (χ3n) is 5.22. The molecule has 1 aromatic carbocycles. The van der Waals surface area contributed by atoms with Crippen LogP contribution in [0.1, 0.15) is 64.8 Å². The summed E-state index contributed by atoms with van der Waals surface area (Å²) in [5.41, 5.74) is 3.17. The molecule has 0 N–H and O–H groups in total. The molecule has 5 nitrogen and oxygen atoms in total. The van der Waals surface area contributed by atoms with Crippen molar-refractivity contribution in [3.05, 3.63) is 51.0 Å². The van der Waals surface area contributed by atoms with Gasteiger partial charge >= 0.3 is 5.97 Å². The molecule has 1 aromatic heterocycles. The summed E-state index contributed by atoms with van der Waals surface area (Å²) in [6.07, 6.45) is 4.66. The average molecular weight is 414 g/mol. The molecule has 0 atom stereocenters. The van der Waals surface area contributed by atoms with Crippen LogP contribution in [0.3, 0.4) is 0 Å². The number of rotatable bonds is 9. The summed E-state index contributed by atoms with van der Waals surface area (Å²) < 4.78 is 4.93. The van der Waals surface area contributed by atoms with Crippen molar-refractivity contribution in [2.24, 2.45) is 5.92 Å². The third kappa shape index (κ3) is 5.82. The quantitative estimate of drug-likeness (QED) is 0.453. The van der Waals surface area contributed by atoms with Gasteiger partial charge in [0.25, 0.3) is 0 Å². The van der Waals surface area contributed by atoms with Gasteiger partial charge in [0.1, 0.15) is 10.8 Å². The Labute approximate surface area is 175 Å². The van der Waals surface area contributed by atoms with Crippen molar-refractivity contribution in [3.8, 4) is 0 Å². The van der Waals surface area contributed by atoms with Crippen molar-refractivity contribution in [3.63, 3.8) is 0 Å². The van der Waals surface area contributed by atoms with Crippen LogP contribution in [-0.2, 0) is 33.6 Å². The van der Waals surface area contributed by atoms with Gasteiger partial charge in [-0.05, 0) is 38.3 Å². The van der Waals surface area contributed by atoms with Gasteiger partial charge in [-0.3, -0.25) is 14.4 Å². The molecule has 0 saturated heterocycles. The Morgan fingerprint density at radius 1 is 1.14 bits per heavy atom. The zero-order chi connectivity index (χ0) is 20.8. The van der Waals surface area contributed by atoms with Gasteiger partial charge in [-0.25, -0.2) is 4.98 Å². The van der Waals surface area contributed by atoms with E-state index < -0.39 is 0 Å². The summed E-state index contributed by atoms with van der Waals surface area (Å²) >= 11 is 1.38. The summed E-state index contributed by atoms with van der Waals surface area (Å²) in [5, 5.41) is 2.48. The molecule has 0 spiro atoms. The smallest absolute Gasteiger partial charge is 0.311 e. The van der Waals surface area contributed by atoms with Crippen molar-refractivity contribution >= 4 is 28.9 Å². The van der Waals surface area contributed by atoms with Gasteiger partial charge in [-0.1, -0.05) is 30.5 Å². The van der Waals surface area contributed by atoms with Gasteiger partial charge < -0.3 is 4.74 Å². The number of nitrogens with zero attached hydrogens (tertiary/aromatic N) is 1. The number of benzene rings is 1. The number of ether oxygens (including phenoxy) is 1. The van der Waals surface area contributed by atoms with E-state index in [0.29, 0.717) is 22.9 Å². The summed E-state index contributed by atoms with van der Waals surface area (Å²) in [4.78, 5) is 41.6. The largest absolute Gasteiger partial charge is 0.466 e. The average Bonchev–Trinajstić information content (AvgIpc) is 3.35. The molecule has 0 unspecified atom stereocenters. The first-order valence-corrected chi connectivity index (χ1v) is 11.1. The topological polar surface area (TPSA) is 73.3 Å². The van der Waals surface area contributed by atoms with E-state index in [4.69, 9.17) is 4.74 Å². The molecular formula is C23H27NO4S. The van der Waals surface area contributed by atoms with Crippen molar-refractivity contribution in [2.75, 3.05) is 6.61 Å². The minimum atomic E-state index is -0.314. The van der Waals surface area contributed by atoms with Gasteiger partial charge in [0, 0.05) is 23.3 Å². The highest BCUT2D eigenvalue weighted by Crippen LogP contribution is 2.29. The second-order valence-electron chi connectivity index (χ2n) is 7.61. The fourth-order valence-electron chi connectivity index (χ4n) is 3.80. The lowest BCUT2D eigenvalue weighted by Gasteiger charge is -2.13. The highest BCUT2D eigenvalue weighted by atomic mass is 32.1. The molecule has 1 saturated carbocycles. The zero-order valence-corrected chi connectivity index (χ0v) is 17.8. The minimum Gasteiger partial charge on any atom is -0.466 e. The van der Waals surface area contributed by atoms with E-state index in [1.807, 2.05) is 25.1 Å². The first-order valence-electron chi connectivity index (χ1n) is 10.2. The molecule has 1 aliphatic carbocycles. The van der Waals surface area contributed by atoms with E-state index >= 15 is 0 Å². The van der Waals surface area contributed by atoms with Crippen LogP contribution in [0.15, 0.2) is 23.6 Å². The van der Waals surface area contributed by atoms with Crippen LogP contribution in [0.2, 0.25) is 0 Å². The lowest BCUT2D eigenvalue weighted by atomic mass is 9.90. The molecule has 1 aliphatic rings. The molecule has 3 rings (SSSR count). The minimum absolute atomic E-state index is 0.0198.